The van der Waals surface area contributed by atoms with Crippen molar-refractivity contribution < 1.29 is 23.1 Å². The highest BCUT2D eigenvalue weighted by Crippen LogP contribution is 2.28. The topological polar surface area (TPSA) is 58.6 Å². The number of hydrogen-bond acceptors (Lipinski definition) is 3. The first-order chi connectivity index (χ1) is 14.9. The van der Waals surface area contributed by atoms with Crippen LogP contribution in [0.3, 0.4) is 0 Å². The molecule has 3 aromatic carbocycles. The first-order valence-corrected chi connectivity index (χ1v) is 9.81. The summed E-state index contributed by atoms with van der Waals surface area (Å²) in [4.78, 5) is 26.5. The summed E-state index contributed by atoms with van der Waals surface area (Å²) < 4.78 is 32.6. The number of rotatable bonds is 4. The van der Waals surface area contributed by atoms with Gasteiger partial charge in [0, 0.05) is 35.4 Å². The third-order valence-corrected chi connectivity index (χ3v) is 5.10. The molecule has 158 valence electrons. The Hall–Kier alpha value is -3.45. The van der Waals surface area contributed by atoms with Crippen molar-refractivity contribution >= 4 is 29.1 Å². The average Bonchev–Trinajstić information content (AvgIpc) is 2.88. The lowest BCUT2D eigenvalue weighted by Crippen LogP contribution is -2.31. The van der Waals surface area contributed by atoms with Gasteiger partial charge >= 0.3 is 0 Å². The minimum Gasteiger partial charge on any atom is -0.483 e. The van der Waals surface area contributed by atoms with Gasteiger partial charge in [-0.2, -0.15) is 0 Å². The number of hydrogen-bond donors (Lipinski definition) is 1. The molecule has 8 heteroatoms. The van der Waals surface area contributed by atoms with Gasteiger partial charge in [0.15, 0.2) is 6.61 Å². The van der Waals surface area contributed by atoms with Gasteiger partial charge in [-0.15, -0.1) is 0 Å². The number of carbonyl (C=O) groups excluding carboxylic acids is 2. The fourth-order valence-corrected chi connectivity index (χ4v) is 3.40. The van der Waals surface area contributed by atoms with Gasteiger partial charge in [-0.3, -0.25) is 9.59 Å². The van der Waals surface area contributed by atoms with Gasteiger partial charge in [-0.25, -0.2) is 8.78 Å². The Balaban J connectivity index is 1.53. The number of nitrogens with one attached hydrogen (secondary N) is 1. The predicted molar refractivity (Wildman–Crippen MR) is 112 cm³/mol. The Morgan fingerprint density at radius 2 is 1.84 bits per heavy atom. The van der Waals surface area contributed by atoms with E-state index in [0.717, 1.165) is 17.7 Å². The van der Waals surface area contributed by atoms with Crippen LogP contribution in [-0.4, -0.2) is 23.3 Å². The molecule has 0 aromatic heterocycles. The Bertz CT molecular complexity index is 1150. The minimum atomic E-state index is -0.949. The van der Waals surface area contributed by atoms with E-state index in [1.54, 1.807) is 35.2 Å². The van der Waals surface area contributed by atoms with Crippen LogP contribution in [0.25, 0.3) is 0 Å². The van der Waals surface area contributed by atoms with Gasteiger partial charge < -0.3 is 15.0 Å². The fraction of sp³-hybridized carbons (Fsp3) is 0.130. The highest BCUT2D eigenvalue weighted by atomic mass is 35.5. The molecule has 0 radical (unpaired) electrons. The number of carbonyl (C=O) groups is 2. The summed E-state index contributed by atoms with van der Waals surface area (Å²) >= 11 is 5.92. The molecule has 1 aliphatic rings. The summed E-state index contributed by atoms with van der Waals surface area (Å²) in [5, 5.41) is 3.20. The van der Waals surface area contributed by atoms with E-state index in [0.29, 0.717) is 34.6 Å². The molecule has 0 aliphatic carbocycles. The average molecular weight is 443 g/mol. The molecule has 0 saturated carbocycles. The number of halogens is 3. The number of anilines is 1. The molecule has 4 rings (SSSR count). The van der Waals surface area contributed by atoms with E-state index in [-0.39, 0.29) is 24.6 Å². The van der Waals surface area contributed by atoms with Gasteiger partial charge in [-0.05, 0) is 48.0 Å². The second-order valence-corrected chi connectivity index (χ2v) is 7.50. The molecule has 2 amide bonds. The van der Waals surface area contributed by atoms with Gasteiger partial charge in [-0.1, -0.05) is 23.7 Å². The maximum atomic E-state index is 13.9. The summed E-state index contributed by atoms with van der Waals surface area (Å²) in [6.07, 6.45) is 0. The zero-order valence-corrected chi connectivity index (χ0v) is 17.0. The Kier molecular flexibility index (Phi) is 5.86. The molecule has 3 aromatic rings. The zero-order valence-electron chi connectivity index (χ0n) is 16.2. The number of amides is 2. The van der Waals surface area contributed by atoms with Gasteiger partial charge in [0.05, 0.1) is 5.56 Å². The van der Waals surface area contributed by atoms with Crippen LogP contribution in [0, 0.1) is 11.6 Å². The molecule has 0 unspecified atom stereocenters. The lowest BCUT2D eigenvalue weighted by atomic mass is 10.1. The molecule has 31 heavy (non-hydrogen) atoms. The number of benzene rings is 3. The number of ether oxygens (including phenoxy) is 1. The molecule has 0 bridgehead atoms. The smallest absolute Gasteiger partial charge is 0.261 e. The van der Waals surface area contributed by atoms with Crippen molar-refractivity contribution in [2.75, 3.05) is 11.9 Å². The highest BCUT2D eigenvalue weighted by Gasteiger charge is 2.22. The van der Waals surface area contributed by atoms with Crippen LogP contribution in [0.5, 0.6) is 5.75 Å². The lowest BCUT2D eigenvalue weighted by Gasteiger charge is -2.20. The first kappa shape index (κ1) is 20.8. The summed E-state index contributed by atoms with van der Waals surface area (Å²) in [6.45, 7) is 0.536. The third kappa shape index (κ3) is 4.83. The Morgan fingerprint density at radius 1 is 1.06 bits per heavy atom. The summed E-state index contributed by atoms with van der Waals surface area (Å²) in [6, 6.07) is 14.9. The van der Waals surface area contributed by atoms with E-state index >= 15 is 0 Å². The van der Waals surface area contributed by atoms with Crippen LogP contribution in [0.1, 0.15) is 21.5 Å². The standard InChI is InChI=1S/C23H17ClF2N2O3/c24-16-3-1-14(2-4-16)11-28-12-15-9-18(6-8-21(15)31-13-22(28)29)27-23(30)19-7-5-17(25)10-20(19)26/h1-10H,11-13H2,(H,27,30). The molecule has 1 aliphatic heterocycles. The van der Waals surface area contributed by atoms with Crippen molar-refractivity contribution in [2.24, 2.45) is 0 Å². The monoisotopic (exact) mass is 442 g/mol. The molecule has 5 nitrogen and oxygen atoms in total. The van der Waals surface area contributed by atoms with E-state index < -0.39 is 17.5 Å². The SMILES string of the molecule is O=C(Nc1ccc2c(c1)CN(Cc1ccc(Cl)cc1)C(=O)CO2)c1ccc(F)cc1F. The minimum absolute atomic E-state index is 0.104. The van der Waals surface area contributed by atoms with Gasteiger partial charge in [0.25, 0.3) is 11.8 Å². The molecule has 0 atom stereocenters. The van der Waals surface area contributed by atoms with Crippen molar-refractivity contribution in [1.29, 1.82) is 0 Å². The number of nitrogens with zero attached hydrogens (tertiary/aromatic N) is 1. The van der Waals surface area contributed by atoms with Gasteiger partial charge in [0.2, 0.25) is 0 Å². The van der Waals surface area contributed by atoms with Crippen LogP contribution in [0.2, 0.25) is 5.02 Å². The van der Waals surface area contributed by atoms with E-state index in [1.807, 2.05) is 12.1 Å². The molecule has 0 fully saturated rings. The van der Waals surface area contributed by atoms with Crippen LogP contribution in [0.15, 0.2) is 60.7 Å². The predicted octanol–water partition coefficient (Wildman–Crippen LogP) is 4.79. The van der Waals surface area contributed by atoms with Crippen LogP contribution in [0.4, 0.5) is 14.5 Å². The molecular formula is C23H17ClF2N2O3. The van der Waals surface area contributed by atoms with Crippen LogP contribution < -0.4 is 10.1 Å². The van der Waals surface area contributed by atoms with E-state index in [1.165, 1.54) is 0 Å². The highest BCUT2D eigenvalue weighted by molar-refractivity contribution is 6.30. The molecule has 0 spiro atoms. The van der Waals surface area contributed by atoms with Crippen molar-refractivity contribution in [2.45, 2.75) is 13.1 Å². The molecule has 0 saturated heterocycles. The normalized spacial score (nSPS) is 13.3. The number of fused-ring (bicyclic) bond motifs is 1. The van der Waals surface area contributed by atoms with Crippen molar-refractivity contribution in [3.05, 3.63) is 94.0 Å². The van der Waals surface area contributed by atoms with Crippen molar-refractivity contribution in [3.8, 4) is 5.75 Å². The molecule has 1 heterocycles. The summed E-state index contributed by atoms with van der Waals surface area (Å²) in [5.74, 6) is -2.07. The van der Waals surface area contributed by atoms with Crippen LogP contribution >= 0.6 is 11.6 Å². The fourth-order valence-electron chi connectivity index (χ4n) is 3.27. The summed E-state index contributed by atoms with van der Waals surface area (Å²) in [5.41, 5.74) is 1.73. The zero-order chi connectivity index (χ0) is 22.0. The maximum Gasteiger partial charge on any atom is 0.261 e. The third-order valence-electron chi connectivity index (χ3n) is 4.85. The lowest BCUT2D eigenvalue weighted by molar-refractivity contribution is -0.133. The van der Waals surface area contributed by atoms with Gasteiger partial charge in [0.1, 0.15) is 17.4 Å². The van der Waals surface area contributed by atoms with Crippen molar-refractivity contribution in [1.82, 2.24) is 4.90 Å². The van der Waals surface area contributed by atoms with E-state index in [9.17, 15) is 18.4 Å². The quantitative estimate of drug-likeness (QED) is 0.632. The van der Waals surface area contributed by atoms with Crippen LogP contribution in [-0.2, 0) is 17.9 Å². The second-order valence-electron chi connectivity index (χ2n) is 7.07. The van der Waals surface area contributed by atoms with Crippen molar-refractivity contribution in [3.63, 3.8) is 0 Å². The maximum absolute atomic E-state index is 13.9. The first-order valence-electron chi connectivity index (χ1n) is 9.43. The second kappa shape index (κ2) is 8.73. The molecule has 1 N–H and O–H groups in total. The van der Waals surface area contributed by atoms with E-state index in [4.69, 9.17) is 16.3 Å². The van der Waals surface area contributed by atoms with E-state index in [2.05, 4.69) is 5.32 Å². The Morgan fingerprint density at radius 3 is 2.58 bits per heavy atom. The Labute approximate surface area is 182 Å². The largest absolute Gasteiger partial charge is 0.483 e. The molecular weight excluding hydrogens is 426 g/mol. The summed E-state index contributed by atoms with van der Waals surface area (Å²) in [7, 11) is 0.